The number of para-hydroxylation sites is 1. The molecule has 2 heterocycles. The summed E-state index contributed by atoms with van der Waals surface area (Å²) in [7, 11) is 0. The molecule has 1 atom stereocenters. The smallest absolute Gasteiger partial charge is 0.196 e. The van der Waals surface area contributed by atoms with E-state index in [9.17, 15) is 9.90 Å². The van der Waals surface area contributed by atoms with Crippen molar-refractivity contribution in [2.24, 2.45) is 0 Å². The highest BCUT2D eigenvalue weighted by Gasteiger charge is 2.20. The third-order valence-corrected chi connectivity index (χ3v) is 4.64. The van der Waals surface area contributed by atoms with Crippen molar-refractivity contribution < 1.29 is 9.90 Å². The zero-order valence-electron chi connectivity index (χ0n) is 12.9. The molecule has 0 fully saturated rings. The third kappa shape index (κ3) is 3.20. The van der Waals surface area contributed by atoms with E-state index in [4.69, 9.17) is 12.2 Å². The number of benzene rings is 1. The van der Waals surface area contributed by atoms with Gasteiger partial charge in [0.15, 0.2) is 10.6 Å². The number of carboxylic acid groups (broad SMARTS) is 1. The number of carboxylic acids is 1. The lowest BCUT2D eigenvalue weighted by Crippen LogP contribution is -2.34. The summed E-state index contributed by atoms with van der Waals surface area (Å²) in [6.07, 6.45) is 2.32. The number of carbonyl (C=O) groups is 1. The minimum Gasteiger partial charge on any atom is -0.548 e. The van der Waals surface area contributed by atoms with E-state index >= 15 is 0 Å². The first-order valence-electron chi connectivity index (χ1n) is 7.34. The van der Waals surface area contributed by atoms with Crippen LogP contribution in [0.3, 0.4) is 0 Å². The van der Waals surface area contributed by atoms with E-state index in [0.717, 1.165) is 10.9 Å². The van der Waals surface area contributed by atoms with Crippen molar-refractivity contribution in [2.45, 2.75) is 12.5 Å². The van der Waals surface area contributed by atoms with E-state index in [1.54, 1.807) is 11.8 Å². The molecule has 0 aliphatic carbocycles. The molecule has 6 nitrogen and oxygen atoms in total. The monoisotopic (exact) mass is 359 g/mol. The van der Waals surface area contributed by atoms with Gasteiger partial charge in [-0.3, -0.25) is 9.67 Å². The summed E-state index contributed by atoms with van der Waals surface area (Å²) in [5, 5.41) is 19.5. The van der Waals surface area contributed by atoms with Crippen molar-refractivity contribution in [3.05, 3.63) is 41.2 Å². The van der Waals surface area contributed by atoms with Crippen molar-refractivity contribution in [1.29, 1.82) is 0 Å². The molecule has 2 aromatic heterocycles. The Kier molecular flexibility index (Phi) is 4.96. The molecule has 1 aromatic carbocycles. The largest absolute Gasteiger partial charge is 0.548 e. The number of pyridine rings is 1. The maximum atomic E-state index is 11.6. The Balaban J connectivity index is 2.10. The molecule has 24 heavy (non-hydrogen) atoms. The van der Waals surface area contributed by atoms with Gasteiger partial charge in [-0.2, -0.15) is 16.9 Å². The van der Waals surface area contributed by atoms with Gasteiger partial charge in [0.05, 0.1) is 17.5 Å². The van der Waals surface area contributed by atoms with Crippen LogP contribution in [0.15, 0.2) is 36.4 Å². The van der Waals surface area contributed by atoms with Crippen LogP contribution in [0.2, 0.25) is 0 Å². The number of aromatic nitrogens is 4. The molecule has 3 aromatic rings. The third-order valence-electron chi connectivity index (χ3n) is 3.71. The second-order valence-electron chi connectivity index (χ2n) is 5.23. The van der Waals surface area contributed by atoms with E-state index in [0.29, 0.717) is 23.7 Å². The second kappa shape index (κ2) is 7.14. The zero-order valence-corrected chi connectivity index (χ0v) is 14.6. The molecule has 124 valence electrons. The highest BCUT2D eigenvalue weighted by Crippen LogP contribution is 2.24. The first-order chi connectivity index (χ1) is 11.6. The van der Waals surface area contributed by atoms with Gasteiger partial charge in [0, 0.05) is 5.39 Å². The van der Waals surface area contributed by atoms with Crippen molar-refractivity contribution in [3.63, 3.8) is 0 Å². The SMILES string of the molecule is CSCC[C@@H](C(=O)[O-])n1c(-c2ccc3ccccc3n2)n[nH]c1=S. The predicted molar refractivity (Wildman–Crippen MR) is 95.2 cm³/mol. The van der Waals surface area contributed by atoms with E-state index in [1.807, 2.05) is 42.7 Å². The number of thioether (sulfide) groups is 1. The lowest BCUT2D eigenvalue weighted by molar-refractivity contribution is -0.310. The molecule has 0 unspecified atom stereocenters. The van der Waals surface area contributed by atoms with Crippen molar-refractivity contribution >= 4 is 40.9 Å². The molecule has 0 bridgehead atoms. The molecule has 0 aliphatic heterocycles. The minimum atomic E-state index is -1.18. The molecule has 0 amide bonds. The average molecular weight is 359 g/mol. The van der Waals surface area contributed by atoms with Gasteiger partial charge in [0.25, 0.3) is 0 Å². The van der Waals surface area contributed by atoms with Crippen LogP contribution >= 0.6 is 24.0 Å². The Morgan fingerprint density at radius 2 is 2.17 bits per heavy atom. The van der Waals surface area contributed by atoms with Crippen LogP contribution in [-0.4, -0.2) is 37.7 Å². The van der Waals surface area contributed by atoms with Gasteiger partial charge in [-0.25, -0.2) is 4.98 Å². The number of H-pyrrole nitrogens is 1. The van der Waals surface area contributed by atoms with Crippen LogP contribution in [-0.2, 0) is 4.79 Å². The molecule has 0 saturated carbocycles. The number of hydrogen-bond donors (Lipinski definition) is 1. The van der Waals surface area contributed by atoms with Gasteiger partial charge in [-0.1, -0.05) is 24.3 Å². The van der Waals surface area contributed by atoms with E-state index in [2.05, 4.69) is 15.2 Å². The number of nitrogens with one attached hydrogen (secondary N) is 1. The molecule has 1 N–H and O–H groups in total. The average Bonchev–Trinajstić information content (AvgIpc) is 2.96. The lowest BCUT2D eigenvalue weighted by Gasteiger charge is -2.20. The van der Waals surface area contributed by atoms with E-state index < -0.39 is 12.0 Å². The van der Waals surface area contributed by atoms with Crippen LogP contribution in [0.5, 0.6) is 0 Å². The Hall–Kier alpha value is -2.19. The first-order valence-corrected chi connectivity index (χ1v) is 9.15. The number of rotatable bonds is 6. The van der Waals surface area contributed by atoms with Crippen LogP contribution in [0, 0.1) is 4.77 Å². The Morgan fingerprint density at radius 1 is 1.38 bits per heavy atom. The maximum absolute atomic E-state index is 11.6. The lowest BCUT2D eigenvalue weighted by atomic mass is 10.2. The number of fused-ring (bicyclic) bond motifs is 1. The van der Waals surface area contributed by atoms with Gasteiger partial charge in [-0.15, -0.1) is 0 Å². The van der Waals surface area contributed by atoms with E-state index in [-0.39, 0.29) is 4.77 Å². The molecular formula is C16H15N4O2S2-. The fraction of sp³-hybridized carbons (Fsp3) is 0.250. The topological polar surface area (TPSA) is 86.6 Å². The van der Waals surface area contributed by atoms with Gasteiger partial charge in [0.1, 0.15) is 5.69 Å². The normalized spacial score (nSPS) is 12.4. The highest BCUT2D eigenvalue weighted by atomic mass is 32.2. The van der Waals surface area contributed by atoms with E-state index in [1.165, 1.54) is 4.57 Å². The molecule has 0 aliphatic rings. The number of aliphatic carboxylic acids is 1. The van der Waals surface area contributed by atoms with Crippen molar-refractivity contribution in [2.75, 3.05) is 12.0 Å². The van der Waals surface area contributed by atoms with Crippen LogP contribution < -0.4 is 5.11 Å². The highest BCUT2D eigenvalue weighted by molar-refractivity contribution is 7.98. The van der Waals surface area contributed by atoms with Gasteiger partial charge >= 0.3 is 0 Å². The Bertz CT molecular complexity index is 935. The standard InChI is InChI=1S/C16H16N4O2S2/c1-24-9-8-13(15(21)22)20-14(18-19-16(20)23)12-7-6-10-4-2-3-5-11(10)17-12/h2-7,13H,8-9H2,1H3,(H,19,23)(H,21,22)/p-1/t13-/m0/s1. The van der Waals surface area contributed by atoms with Gasteiger partial charge in [-0.05, 0) is 42.8 Å². The molecule has 0 saturated heterocycles. The molecule has 8 heteroatoms. The summed E-state index contributed by atoms with van der Waals surface area (Å²) in [6.45, 7) is 0. The zero-order chi connectivity index (χ0) is 17.1. The summed E-state index contributed by atoms with van der Waals surface area (Å²) < 4.78 is 1.73. The van der Waals surface area contributed by atoms with Gasteiger partial charge < -0.3 is 9.90 Å². The number of aromatic amines is 1. The number of carbonyl (C=O) groups excluding carboxylic acids is 1. The predicted octanol–water partition coefficient (Wildman–Crippen LogP) is 2.20. The summed E-state index contributed by atoms with van der Waals surface area (Å²) in [5.74, 6) is -0.0967. The fourth-order valence-electron chi connectivity index (χ4n) is 2.55. The molecule has 3 rings (SSSR count). The molecular weight excluding hydrogens is 344 g/mol. The van der Waals surface area contributed by atoms with Crippen LogP contribution in [0.25, 0.3) is 22.4 Å². The Morgan fingerprint density at radius 3 is 2.92 bits per heavy atom. The fourth-order valence-corrected chi connectivity index (χ4v) is 3.27. The number of nitrogens with zero attached hydrogens (tertiary/aromatic N) is 3. The van der Waals surface area contributed by atoms with Crippen molar-refractivity contribution in [1.82, 2.24) is 19.7 Å². The molecule has 0 radical (unpaired) electrons. The van der Waals surface area contributed by atoms with Crippen LogP contribution in [0.1, 0.15) is 12.5 Å². The summed E-state index contributed by atoms with van der Waals surface area (Å²) in [5.41, 5.74) is 1.38. The second-order valence-corrected chi connectivity index (χ2v) is 6.60. The number of hydrogen-bond acceptors (Lipinski definition) is 6. The maximum Gasteiger partial charge on any atom is 0.196 e. The van der Waals surface area contributed by atoms with Crippen LogP contribution in [0.4, 0.5) is 0 Å². The summed E-state index contributed by atoms with van der Waals surface area (Å²) in [4.78, 5) is 16.2. The Labute approximate surface area is 147 Å². The summed E-state index contributed by atoms with van der Waals surface area (Å²) >= 11 is 6.80. The van der Waals surface area contributed by atoms with Crippen molar-refractivity contribution in [3.8, 4) is 11.5 Å². The quantitative estimate of drug-likeness (QED) is 0.679. The molecule has 0 spiro atoms. The van der Waals surface area contributed by atoms with Gasteiger partial charge in [0.2, 0.25) is 0 Å². The minimum absolute atomic E-state index is 0.246. The summed E-state index contributed by atoms with van der Waals surface area (Å²) in [6, 6.07) is 10.6. The first kappa shape index (κ1) is 16.7.